The smallest absolute Gasteiger partial charge is 0.243 e. The molecule has 2 aromatic rings. The summed E-state index contributed by atoms with van der Waals surface area (Å²) in [4.78, 5) is 4.47. The monoisotopic (exact) mass is 248 g/mol. The molecule has 17 heavy (non-hydrogen) atoms. The van der Waals surface area contributed by atoms with Gasteiger partial charge in [-0.3, -0.25) is 0 Å². The van der Waals surface area contributed by atoms with E-state index < -0.39 is 0 Å². The lowest BCUT2D eigenvalue weighted by Gasteiger charge is -2.10. The van der Waals surface area contributed by atoms with Gasteiger partial charge >= 0.3 is 0 Å². The zero-order valence-electron chi connectivity index (χ0n) is 10.1. The second kappa shape index (κ2) is 3.91. The minimum absolute atomic E-state index is 0.438. The van der Waals surface area contributed by atoms with Crippen LogP contribution in [0.5, 0.6) is 0 Å². The standard InChI is InChI=1S/C12H16N4S/c1-9-3-6-16-10(7-9)14-11(15-16)13-8-12(17-2)4-5-12/h3,6-7H,4-5,8H2,1-2H3,(H,13,15). The van der Waals surface area contributed by atoms with Gasteiger partial charge in [0.1, 0.15) is 0 Å². The molecular formula is C12H16N4S. The van der Waals surface area contributed by atoms with Crippen molar-refractivity contribution in [3.63, 3.8) is 0 Å². The molecule has 1 aliphatic rings. The molecule has 0 unspecified atom stereocenters. The molecule has 0 spiro atoms. The highest BCUT2D eigenvalue weighted by atomic mass is 32.2. The Hall–Kier alpha value is -1.23. The summed E-state index contributed by atoms with van der Waals surface area (Å²) in [5.41, 5.74) is 2.11. The average molecular weight is 248 g/mol. The third-order valence-electron chi connectivity index (χ3n) is 3.30. The number of aromatic nitrogens is 3. The average Bonchev–Trinajstić information content (AvgIpc) is 3.00. The summed E-state index contributed by atoms with van der Waals surface area (Å²) in [7, 11) is 0. The summed E-state index contributed by atoms with van der Waals surface area (Å²) in [6.45, 7) is 3.03. The first-order valence-corrected chi connectivity index (χ1v) is 7.05. The molecular weight excluding hydrogens is 232 g/mol. The number of hydrogen-bond acceptors (Lipinski definition) is 4. The van der Waals surface area contributed by atoms with E-state index in [1.165, 1.54) is 18.4 Å². The Labute approximate surface area is 105 Å². The van der Waals surface area contributed by atoms with Crippen molar-refractivity contribution < 1.29 is 0 Å². The van der Waals surface area contributed by atoms with E-state index in [0.29, 0.717) is 4.75 Å². The Kier molecular flexibility index (Phi) is 2.50. The molecule has 1 N–H and O–H groups in total. The molecule has 0 atom stereocenters. The van der Waals surface area contributed by atoms with Gasteiger partial charge in [-0.1, -0.05) is 0 Å². The summed E-state index contributed by atoms with van der Waals surface area (Å²) >= 11 is 1.94. The fraction of sp³-hybridized carbons (Fsp3) is 0.500. The predicted molar refractivity (Wildman–Crippen MR) is 71.7 cm³/mol. The van der Waals surface area contributed by atoms with Crippen molar-refractivity contribution in [2.75, 3.05) is 18.1 Å². The van der Waals surface area contributed by atoms with Gasteiger partial charge in [0.05, 0.1) is 0 Å². The molecule has 1 aliphatic carbocycles. The number of rotatable bonds is 4. The van der Waals surface area contributed by atoms with Crippen LogP contribution in [0.1, 0.15) is 18.4 Å². The molecule has 90 valence electrons. The van der Waals surface area contributed by atoms with E-state index >= 15 is 0 Å². The molecule has 0 aliphatic heterocycles. The number of aryl methyl sites for hydroxylation is 1. The van der Waals surface area contributed by atoms with Crippen LogP contribution in [0, 0.1) is 6.92 Å². The summed E-state index contributed by atoms with van der Waals surface area (Å²) < 4.78 is 2.25. The summed E-state index contributed by atoms with van der Waals surface area (Å²) in [6.07, 6.45) is 6.72. The minimum Gasteiger partial charge on any atom is -0.352 e. The maximum Gasteiger partial charge on any atom is 0.243 e. The Morgan fingerprint density at radius 3 is 3.06 bits per heavy atom. The minimum atomic E-state index is 0.438. The molecule has 0 bridgehead atoms. The van der Waals surface area contributed by atoms with Crippen LogP contribution in [0.25, 0.3) is 5.65 Å². The quantitative estimate of drug-likeness (QED) is 0.902. The number of nitrogens with one attached hydrogen (secondary N) is 1. The summed E-state index contributed by atoms with van der Waals surface area (Å²) in [5.74, 6) is 0.732. The van der Waals surface area contributed by atoms with Gasteiger partial charge in [0, 0.05) is 17.5 Å². The van der Waals surface area contributed by atoms with Crippen LogP contribution >= 0.6 is 11.8 Å². The Balaban J connectivity index is 1.77. The van der Waals surface area contributed by atoms with Gasteiger partial charge in [-0.2, -0.15) is 16.7 Å². The van der Waals surface area contributed by atoms with Gasteiger partial charge < -0.3 is 5.32 Å². The molecule has 2 heterocycles. The van der Waals surface area contributed by atoms with E-state index in [1.54, 1.807) is 0 Å². The van der Waals surface area contributed by atoms with Gasteiger partial charge in [0.2, 0.25) is 5.95 Å². The normalized spacial score (nSPS) is 17.3. The van der Waals surface area contributed by atoms with Crippen molar-refractivity contribution in [1.82, 2.24) is 14.6 Å². The van der Waals surface area contributed by atoms with Crippen LogP contribution in [-0.4, -0.2) is 32.1 Å². The lowest BCUT2D eigenvalue weighted by molar-refractivity contribution is 0.908. The predicted octanol–water partition coefficient (Wildman–Crippen LogP) is 2.35. The zero-order valence-corrected chi connectivity index (χ0v) is 10.9. The lowest BCUT2D eigenvalue weighted by Crippen LogP contribution is -2.18. The fourth-order valence-electron chi connectivity index (χ4n) is 1.89. The maximum absolute atomic E-state index is 4.47. The Morgan fingerprint density at radius 1 is 1.53 bits per heavy atom. The van der Waals surface area contributed by atoms with Crippen molar-refractivity contribution in [2.45, 2.75) is 24.5 Å². The number of pyridine rings is 1. The molecule has 5 heteroatoms. The highest BCUT2D eigenvalue weighted by Gasteiger charge is 2.41. The van der Waals surface area contributed by atoms with Crippen molar-refractivity contribution in [2.24, 2.45) is 0 Å². The number of anilines is 1. The van der Waals surface area contributed by atoms with Gasteiger partial charge in [0.15, 0.2) is 5.65 Å². The molecule has 0 aromatic carbocycles. The second-order valence-corrected chi connectivity index (χ2v) is 5.96. The van der Waals surface area contributed by atoms with E-state index in [0.717, 1.165) is 18.1 Å². The number of fused-ring (bicyclic) bond motifs is 1. The van der Waals surface area contributed by atoms with E-state index in [-0.39, 0.29) is 0 Å². The zero-order chi connectivity index (χ0) is 11.9. The van der Waals surface area contributed by atoms with Gasteiger partial charge in [-0.25, -0.2) is 4.52 Å². The SMILES string of the molecule is CSC1(CNc2nc3cc(C)ccn3n2)CC1. The van der Waals surface area contributed by atoms with Crippen LogP contribution in [0.15, 0.2) is 18.3 Å². The number of nitrogens with zero attached hydrogens (tertiary/aromatic N) is 3. The second-order valence-electron chi connectivity index (χ2n) is 4.68. The highest BCUT2D eigenvalue weighted by molar-refractivity contribution is 8.00. The molecule has 0 radical (unpaired) electrons. The highest BCUT2D eigenvalue weighted by Crippen LogP contribution is 2.46. The molecule has 0 amide bonds. The molecule has 1 saturated carbocycles. The molecule has 1 fully saturated rings. The molecule has 4 nitrogen and oxygen atoms in total. The van der Waals surface area contributed by atoms with Crippen LogP contribution in [0.3, 0.4) is 0 Å². The van der Waals surface area contributed by atoms with Crippen molar-refractivity contribution in [3.05, 3.63) is 23.9 Å². The van der Waals surface area contributed by atoms with Gasteiger partial charge in [-0.05, 0) is 43.7 Å². The molecule has 3 rings (SSSR count). The summed E-state index contributed by atoms with van der Waals surface area (Å²) in [6, 6.07) is 4.08. The van der Waals surface area contributed by atoms with Crippen molar-refractivity contribution >= 4 is 23.4 Å². The maximum atomic E-state index is 4.47. The van der Waals surface area contributed by atoms with Crippen LogP contribution in [-0.2, 0) is 0 Å². The first kappa shape index (κ1) is 10.9. The van der Waals surface area contributed by atoms with Crippen LogP contribution < -0.4 is 5.32 Å². The Morgan fingerprint density at radius 2 is 2.35 bits per heavy atom. The first-order chi connectivity index (χ1) is 8.21. The number of hydrogen-bond donors (Lipinski definition) is 1. The van der Waals surface area contributed by atoms with Crippen LogP contribution in [0.2, 0.25) is 0 Å². The summed E-state index contributed by atoms with van der Waals surface area (Å²) in [5, 5.41) is 7.75. The fourth-order valence-corrected chi connectivity index (χ4v) is 2.62. The van der Waals surface area contributed by atoms with E-state index in [4.69, 9.17) is 0 Å². The van der Waals surface area contributed by atoms with E-state index in [2.05, 4.69) is 28.6 Å². The molecule has 0 saturated heterocycles. The topological polar surface area (TPSA) is 42.2 Å². The van der Waals surface area contributed by atoms with Crippen molar-refractivity contribution in [1.29, 1.82) is 0 Å². The van der Waals surface area contributed by atoms with E-state index in [9.17, 15) is 0 Å². The third-order valence-corrected chi connectivity index (χ3v) is 4.72. The Bertz CT molecular complexity index is 544. The lowest BCUT2D eigenvalue weighted by atomic mass is 10.3. The van der Waals surface area contributed by atoms with Crippen LogP contribution in [0.4, 0.5) is 5.95 Å². The van der Waals surface area contributed by atoms with Gasteiger partial charge in [0.25, 0.3) is 0 Å². The third kappa shape index (κ3) is 2.11. The van der Waals surface area contributed by atoms with Crippen molar-refractivity contribution in [3.8, 4) is 0 Å². The van der Waals surface area contributed by atoms with E-state index in [1.807, 2.05) is 34.6 Å². The number of thioether (sulfide) groups is 1. The largest absolute Gasteiger partial charge is 0.352 e. The van der Waals surface area contributed by atoms with Gasteiger partial charge in [-0.15, -0.1) is 5.10 Å². The first-order valence-electron chi connectivity index (χ1n) is 5.83. The molecule has 2 aromatic heterocycles.